The monoisotopic (exact) mass is 705 g/mol. The maximum atomic E-state index is 13.5. The van der Waals surface area contributed by atoms with E-state index in [1.54, 1.807) is 0 Å². The minimum absolute atomic E-state index is 0.0348. The average Bonchev–Trinajstić information content (AvgIpc) is 3.46. The normalized spacial score (nSPS) is 49.6. The molecule has 15 atom stereocenters. The molecule has 1 heterocycles. The molecular formula is C39H63NO10. The van der Waals surface area contributed by atoms with Crippen molar-refractivity contribution in [3.05, 3.63) is 12.2 Å². The summed E-state index contributed by atoms with van der Waals surface area (Å²) in [5, 5.41) is 52.4. The molecule has 5 saturated carbocycles. The molecule has 0 aromatic rings. The molecule has 50 heavy (non-hydrogen) atoms. The van der Waals surface area contributed by atoms with E-state index in [1.807, 2.05) is 0 Å². The fraction of sp³-hybridized carbons (Fsp3) is 0.897. The van der Waals surface area contributed by atoms with Crippen LogP contribution in [-0.4, -0.2) is 99.5 Å². The van der Waals surface area contributed by atoms with E-state index in [1.165, 1.54) is 7.11 Å². The van der Waals surface area contributed by atoms with Gasteiger partial charge in [-0.1, -0.05) is 46.8 Å². The first kappa shape index (κ1) is 38.1. The Kier molecular flexibility index (Phi) is 9.96. The molecule has 0 unspecified atom stereocenters. The van der Waals surface area contributed by atoms with Crippen molar-refractivity contribution in [2.75, 3.05) is 20.3 Å². The lowest BCUT2D eigenvalue weighted by Gasteiger charge is -2.72. The minimum Gasteiger partial charge on any atom is -0.481 e. The highest BCUT2D eigenvalue weighted by Gasteiger charge is 2.72. The topological polar surface area (TPSA) is 166 Å². The Hall–Kier alpha value is -1.60. The molecule has 6 rings (SSSR count). The average molecular weight is 706 g/mol. The molecule has 0 radical (unpaired) electrons. The van der Waals surface area contributed by atoms with Gasteiger partial charge in [0, 0.05) is 5.41 Å². The number of carboxylic acid groups (broad SMARTS) is 1. The third kappa shape index (κ3) is 5.37. The number of carboxylic acids is 1. The molecule has 1 saturated heterocycles. The van der Waals surface area contributed by atoms with Gasteiger partial charge in [0.15, 0.2) is 6.23 Å². The first-order valence-electron chi connectivity index (χ1n) is 19.0. The van der Waals surface area contributed by atoms with Gasteiger partial charge in [0.05, 0.1) is 19.1 Å². The maximum absolute atomic E-state index is 13.5. The molecule has 0 amide bonds. The number of nitrogens with zero attached hydrogens (tertiary/aromatic N) is 1. The standard InChI is InChI=1S/C39H63NO10/c1-21(2)22-11-16-39(34(46)47)18-17-37(6)23(29(22)39)9-10-26-36(5)14-13-27(35(3,4)25(36)12-15-38(26,37)7)50-28(42)19-40(48-8)33-32(45)31(44)30(43)24(20-41)49-33/h22-27,29-33,41,43-45H,1,9-20H2,2-8H3,(H,46,47)/t22-,23+,24+,25-,26+,27-,29+,30+,31+,32-,33+,36-,37+,38+,39-/m0/s1. The van der Waals surface area contributed by atoms with Crippen molar-refractivity contribution >= 4 is 11.9 Å². The number of carbonyl (C=O) groups is 2. The van der Waals surface area contributed by atoms with Gasteiger partial charge in [0.2, 0.25) is 0 Å². The van der Waals surface area contributed by atoms with Crippen molar-refractivity contribution in [2.45, 2.75) is 142 Å². The molecule has 11 nitrogen and oxygen atoms in total. The summed E-state index contributed by atoms with van der Waals surface area (Å²) in [6.07, 6.45) is 1.79. The second-order valence-electron chi connectivity index (χ2n) is 18.5. The second-order valence-corrected chi connectivity index (χ2v) is 18.5. The number of esters is 1. The van der Waals surface area contributed by atoms with E-state index in [9.17, 15) is 35.1 Å². The van der Waals surface area contributed by atoms with E-state index < -0.39 is 54.6 Å². The Bertz CT molecular complexity index is 1340. The smallest absolute Gasteiger partial charge is 0.323 e. The van der Waals surface area contributed by atoms with Crippen molar-refractivity contribution in [1.82, 2.24) is 5.06 Å². The van der Waals surface area contributed by atoms with Gasteiger partial charge in [-0.25, -0.2) is 0 Å². The van der Waals surface area contributed by atoms with E-state index in [0.717, 1.165) is 68.4 Å². The van der Waals surface area contributed by atoms with Crippen molar-refractivity contribution < 1.29 is 49.4 Å². The summed E-state index contributed by atoms with van der Waals surface area (Å²) in [5.41, 5.74) is 0.327. The number of aliphatic hydroxyl groups is 4. The number of rotatable bonds is 8. The van der Waals surface area contributed by atoms with Crippen LogP contribution >= 0.6 is 0 Å². The Balaban J connectivity index is 1.19. The quantitative estimate of drug-likeness (QED) is 0.139. The third-order valence-corrected chi connectivity index (χ3v) is 16.4. The number of aliphatic carboxylic acids is 1. The maximum Gasteiger partial charge on any atom is 0.323 e. The first-order valence-corrected chi connectivity index (χ1v) is 19.0. The number of aliphatic hydroxyl groups excluding tert-OH is 4. The molecule has 5 N–H and O–H groups in total. The van der Waals surface area contributed by atoms with E-state index in [2.05, 4.69) is 48.1 Å². The summed E-state index contributed by atoms with van der Waals surface area (Å²) < 4.78 is 11.8. The predicted octanol–water partition coefficient (Wildman–Crippen LogP) is 4.30. The van der Waals surface area contributed by atoms with E-state index in [-0.39, 0.29) is 46.1 Å². The zero-order chi connectivity index (χ0) is 36.8. The van der Waals surface area contributed by atoms with Crippen molar-refractivity contribution in [3.8, 4) is 0 Å². The molecule has 6 fully saturated rings. The summed E-state index contributed by atoms with van der Waals surface area (Å²) in [4.78, 5) is 31.8. The van der Waals surface area contributed by atoms with Crippen LogP contribution in [0.4, 0.5) is 0 Å². The predicted molar refractivity (Wildman–Crippen MR) is 184 cm³/mol. The molecule has 1 aliphatic heterocycles. The molecule has 6 aliphatic rings. The number of carbonyl (C=O) groups excluding carboxylic acids is 1. The molecule has 5 aliphatic carbocycles. The summed E-state index contributed by atoms with van der Waals surface area (Å²) >= 11 is 0. The Morgan fingerprint density at radius 3 is 2.18 bits per heavy atom. The highest BCUT2D eigenvalue weighted by molar-refractivity contribution is 5.76. The van der Waals surface area contributed by atoms with E-state index in [0.29, 0.717) is 24.2 Å². The van der Waals surface area contributed by atoms with Crippen molar-refractivity contribution in [2.24, 2.45) is 56.7 Å². The van der Waals surface area contributed by atoms with Crippen LogP contribution in [0.15, 0.2) is 12.2 Å². The molecule has 11 heteroatoms. The van der Waals surface area contributed by atoms with Gasteiger partial charge in [-0.3, -0.25) is 14.4 Å². The molecule has 284 valence electrons. The van der Waals surface area contributed by atoms with Crippen LogP contribution in [-0.2, 0) is 23.9 Å². The Morgan fingerprint density at radius 2 is 1.56 bits per heavy atom. The Labute approximate surface area is 297 Å². The van der Waals surface area contributed by atoms with E-state index in [4.69, 9.17) is 14.3 Å². The number of hydrogen-bond donors (Lipinski definition) is 5. The van der Waals surface area contributed by atoms with Crippen LogP contribution in [0, 0.1) is 56.7 Å². The van der Waals surface area contributed by atoms with Crippen LogP contribution in [0.25, 0.3) is 0 Å². The van der Waals surface area contributed by atoms with Crippen LogP contribution in [0.2, 0.25) is 0 Å². The SMILES string of the molecule is C=C(C)[C@@H]1CC[C@]2(C(=O)O)CC[C@]3(C)[C@H](CC[C@@H]4[C@@]5(C)CC[C@H](OC(=O)CN(OC)[C@@H]6O[C@H](CO)[C@@H](O)[C@@H](O)[C@@H]6O)C(C)(C)[C@@H]5CC[C@]43C)[C@@H]12. The third-order valence-electron chi connectivity index (χ3n) is 16.4. The van der Waals surface area contributed by atoms with Gasteiger partial charge < -0.3 is 35.0 Å². The number of allylic oxidation sites excluding steroid dienone is 1. The highest BCUT2D eigenvalue weighted by atomic mass is 16.7. The fourth-order valence-corrected chi connectivity index (χ4v) is 13.6. The highest BCUT2D eigenvalue weighted by Crippen LogP contribution is 2.77. The lowest BCUT2D eigenvalue weighted by Crippen LogP contribution is -2.67. The second kappa shape index (κ2) is 13.1. The van der Waals surface area contributed by atoms with Crippen molar-refractivity contribution in [3.63, 3.8) is 0 Å². The molecule has 0 spiro atoms. The van der Waals surface area contributed by atoms with Crippen LogP contribution < -0.4 is 0 Å². The zero-order valence-electron chi connectivity index (χ0n) is 31.3. The van der Waals surface area contributed by atoms with Gasteiger partial charge in [-0.2, -0.15) is 0 Å². The lowest BCUT2D eigenvalue weighted by molar-refractivity contribution is -0.327. The molecular weight excluding hydrogens is 642 g/mol. The van der Waals surface area contributed by atoms with Gasteiger partial charge in [-0.05, 0) is 117 Å². The van der Waals surface area contributed by atoms with Gasteiger partial charge >= 0.3 is 11.9 Å². The number of hydroxylamine groups is 2. The summed E-state index contributed by atoms with van der Waals surface area (Å²) in [6, 6.07) is 0. The first-order chi connectivity index (χ1) is 23.3. The van der Waals surface area contributed by atoms with Crippen LogP contribution in [0.1, 0.15) is 106 Å². The summed E-state index contributed by atoms with van der Waals surface area (Å²) in [7, 11) is 1.32. The zero-order valence-corrected chi connectivity index (χ0v) is 31.3. The summed E-state index contributed by atoms with van der Waals surface area (Å²) in [5.74, 6) is 0.404. The minimum atomic E-state index is -1.59. The number of ether oxygens (including phenoxy) is 2. The van der Waals surface area contributed by atoms with E-state index >= 15 is 0 Å². The van der Waals surface area contributed by atoms with Gasteiger partial charge in [-0.15, -0.1) is 5.06 Å². The van der Waals surface area contributed by atoms with Crippen molar-refractivity contribution in [1.29, 1.82) is 0 Å². The molecule has 0 aromatic heterocycles. The lowest BCUT2D eigenvalue weighted by atomic mass is 9.32. The molecule has 0 aromatic carbocycles. The Morgan fingerprint density at radius 1 is 0.860 bits per heavy atom. The summed E-state index contributed by atoms with van der Waals surface area (Å²) in [6.45, 7) is 17.5. The largest absolute Gasteiger partial charge is 0.481 e. The van der Waals surface area contributed by atoms with Crippen LogP contribution in [0.3, 0.4) is 0 Å². The number of hydrogen-bond acceptors (Lipinski definition) is 10. The van der Waals surface area contributed by atoms with Gasteiger partial charge in [0.1, 0.15) is 37.1 Å². The van der Waals surface area contributed by atoms with Crippen LogP contribution in [0.5, 0.6) is 0 Å². The molecule has 0 bridgehead atoms. The fourth-order valence-electron chi connectivity index (χ4n) is 13.6. The van der Waals surface area contributed by atoms with Gasteiger partial charge in [0.25, 0.3) is 0 Å². The number of fused-ring (bicyclic) bond motifs is 7.